The van der Waals surface area contributed by atoms with Crippen LogP contribution in [-0.4, -0.2) is 4.98 Å². The van der Waals surface area contributed by atoms with Crippen LogP contribution in [0.2, 0.25) is 0 Å². The molecule has 2 N–H and O–H groups in total. The van der Waals surface area contributed by atoms with E-state index in [9.17, 15) is 0 Å². The fraction of sp³-hybridized carbons (Fsp3) is 0.0714. The van der Waals surface area contributed by atoms with Gasteiger partial charge in [0.1, 0.15) is 5.52 Å². The topological polar surface area (TPSA) is 52.0 Å². The van der Waals surface area contributed by atoms with Gasteiger partial charge in [-0.05, 0) is 17.7 Å². The summed E-state index contributed by atoms with van der Waals surface area (Å²) in [6, 6.07) is 15.7. The lowest BCUT2D eigenvalue weighted by molar-refractivity contribution is 0.544. The molecule has 0 atom stereocenters. The quantitative estimate of drug-likeness (QED) is 0.681. The van der Waals surface area contributed by atoms with Gasteiger partial charge in [-0.2, -0.15) is 0 Å². The van der Waals surface area contributed by atoms with E-state index in [1.807, 2.05) is 36.4 Å². The zero-order chi connectivity index (χ0) is 11.7. The van der Waals surface area contributed by atoms with E-state index in [4.69, 9.17) is 10.2 Å². The van der Waals surface area contributed by atoms with Crippen LogP contribution in [0.4, 0.5) is 5.69 Å². The summed E-state index contributed by atoms with van der Waals surface area (Å²) < 4.78 is 5.66. The molecular formula is C14H12N2O. The molecule has 17 heavy (non-hydrogen) atoms. The van der Waals surface area contributed by atoms with Gasteiger partial charge in [0.05, 0.1) is 5.69 Å². The molecule has 0 radical (unpaired) electrons. The summed E-state index contributed by atoms with van der Waals surface area (Å²) in [5, 5.41) is 0. The summed E-state index contributed by atoms with van der Waals surface area (Å²) in [7, 11) is 0. The minimum atomic E-state index is 0.658. The van der Waals surface area contributed by atoms with Gasteiger partial charge in [0.2, 0.25) is 0 Å². The number of rotatable bonds is 2. The van der Waals surface area contributed by atoms with Crippen LogP contribution in [0.3, 0.4) is 0 Å². The molecule has 0 aliphatic rings. The minimum Gasteiger partial charge on any atom is -0.440 e. The van der Waals surface area contributed by atoms with E-state index >= 15 is 0 Å². The molecule has 0 aliphatic heterocycles. The highest BCUT2D eigenvalue weighted by molar-refractivity contribution is 5.85. The fourth-order valence-electron chi connectivity index (χ4n) is 1.86. The molecule has 0 saturated heterocycles. The number of hydrogen-bond acceptors (Lipinski definition) is 3. The van der Waals surface area contributed by atoms with Gasteiger partial charge in [0.25, 0.3) is 0 Å². The van der Waals surface area contributed by atoms with Crippen LogP contribution in [0.25, 0.3) is 11.1 Å². The van der Waals surface area contributed by atoms with Crippen LogP contribution < -0.4 is 5.73 Å². The smallest absolute Gasteiger partial charge is 0.199 e. The summed E-state index contributed by atoms with van der Waals surface area (Å²) in [5.41, 5.74) is 9.17. The lowest BCUT2D eigenvalue weighted by Crippen LogP contribution is -1.88. The molecule has 3 rings (SSSR count). The molecule has 0 fully saturated rings. The Hall–Kier alpha value is -2.29. The number of fused-ring (bicyclic) bond motifs is 1. The summed E-state index contributed by atoms with van der Waals surface area (Å²) in [6.45, 7) is 0. The van der Waals surface area contributed by atoms with E-state index in [2.05, 4.69) is 17.1 Å². The van der Waals surface area contributed by atoms with Crippen molar-refractivity contribution in [2.75, 3.05) is 5.73 Å². The zero-order valence-corrected chi connectivity index (χ0v) is 9.26. The average Bonchev–Trinajstić information content (AvgIpc) is 2.74. The third-order valence-corrected chi connectivity index (χ3v) is 2.69. The summed E-state index contributed by atoms with van der Waals surface area (Å²) in [4.78, 5) is 4.42. The van der Waals surface area contributed by atoms with E-state index in [0.29, 0.717) is 18.0 Å². The van der Waals surface area contributed by atoms with Crippen molar-refractivity contribution >= 4 is 16.8 Å². The highest BCUT2D eigenvalue weighted by Crippen LogP contribution is 2.22. The molecule has 0 spiro atoms. The summed E-state index contributed by atoms with van der Waals surface area (Å²) in [6.07, 6.45) is 0.689. The van der Waals surface area contributed by atoms with Gasteiger partial charge in [-0.15, -0.1) is 0 Å². The largest absolute Gasteiger partial charge is 0.440 e. The van der Waals surface area contributed by atoms with Gasteiger partial charge in [0, 0.05) is 6.42 Å². The van der Waals surface area contributed by atoms with Crippen LogP contribution in [0, 0.1) is 0 Å². The second-order valence-electron chi connectivity index (χ2n) is 3.96. The van der Waals surface area contributed by atoms with Crippen molar-refractivity contribution in [3.05, 3.63) is 60.0 Å². The Kier molecular flexibility index (Phi) is 2.29. The fourth-order valence-corrected chi connectivity index (χ4v) is 1.86. The van der Waals surface area contributed by atoms with Gasteiger partial charge < -0.3 is 10.2 Å². The molecule has 1 heterocycles. The molecule has 0 aliphatic carbocycles. The summed E-state index contributed by atoms with van der Waals surface area (Å²) >= 11 is 0. The standard InChI is InChI=1S/C14H12N2O/c15-11-7-4-8-12-14(11)16-13(17-12)9-10-5-2-1-3-6-10/h1-8H,9,15H2. The van der Waals surface area contributed by atoms with Crippen LogP contribution in [0.15, 0.2) is 52.9 Å². The number of nitrogens with zero attached hydrogens (tertiary/aromatic N) is 1. The summed E-state index contributed by atoms with van der Waals surface area (Å²) in [5.74, 6) is 0.698. The van der Waals surface area contributed by atoms with Gasteiger partial charge in [-0.3, -0.25) is 0 Å². The first kappa shape index (κ1) is 9.90. The predicted octanol–water partition coefficient (Wildman–Crippen LogP) is 3.00. The highest BCUT2D eigenvalue weighted by Gasteiger charge is 2.08. The van der Waals surface area contributed by atoms with Gasteiger partial charge >= 0.3 is 0 Å². The third-order valence-electron chi connectivity index (χ3n) is 2.69. The maximum atomic E-state index is 5.84. The number of hydrogen-bond donors (Lipinski definition) is 1. The first-order valence-corrected chi connectivity index (χ1v) is 5.51. The Bertz CT molecular complexity index is 644. The normalized spacial score (nSPS) is 10.8. The van der Waals surface area contributed by atoms with Crippen LogP contribution in [-0.2, 0) is 6.42 Å². The maximum absolute atomic E-state index is 5.84. The number of nitrogens with two attached hydrogens (primary N) is 1. The van der Waals surface area contributed by atoms with Gasteiger partial charge in [-0.1, -0.05) is 36.4 Å². The number of benzene rings is 2. The first-order chi connectivity index (χ1) is 8.33. The molecule has 0 saturated carbocycles. The van der Waals surface area contributed by atoms with Crippen molar-refractivity contribution in [3.8, 4) is 0 Å². The van der Waals surface area contributed by atoms with E-state index in [-0.39, 0.29) is 0 Å². The van der Waals surface area contributed by atoms with Gasteiger partial charge in [0.15, 0.2) is 11.5 Å². The number of aromatic nitrogens is 1. The highest BCUT2D eigenvalue weighted by atomic mass is 16.3. The molecule has 0 unspecified atom stereocenters. The Morgan fingerprint density at radius 3 is 2.59 bits per heavy atom. The Morgan fingerprint density at radius 2 is 1.82 bits per heavy atom. The number of para-hydroxylation sites is 1. The predicted molar refractivity (Wildman–Crippen MR) is 67.7 cm³/mol. The van der Waals surface area contributed by atoms with E-state index in [1.54, 1.807) is 0 Å². The SMILES string of the molecule is Nc1cccc2oc(Cc3ccccc3)nc12. The Balaban J connectivity index is 1.99. The number of oxazole rings is 1. The monoisotopic (exact) mass is 224 g/mol. The van der Waals surface area contributed by atoms with Crippen molar-refractivity contribution in [2.45, 2.75) is 6.42 Å². The molecule has 3 heteroatoms. The first-order valence-electron chi connectivity index (χ1n) is 5.51. The molecule has 0 bridgehead atoms. The van der Waals surface area contributed by atoms with Crippen molar-refractivity contribution < 1.29 is 4.42 Å². The second-order valence-corrected chi connectivity index (χ2v) is 3.96. The molecule has 0 amide bonds. The molecular weight excluding hydrogens is 212 g/mol. The Labute approximate surface area is 98.9 Å². The van der Waals surface area contributed by atoms with Crippen molar-refractivity contribution in [3.63, 3.8) is 0 Å². The zero-order valence-electron chi connectivity index (χ0n) is 9.26. The lowest BCUT2D eigenvalue weighted by atomic mass is 10.1. The second kappa shape index (κ2) is 3.94. The van der Waals surface area contributed by atoms with Crippen molar-refractivity contribution in [2.24, 2.45) is 0 Å². The van der Waals surface area contributed by atoms with Crippen molar-refractivity contribution in [1.29, 1.82) is 0 Å². The molecule has 2 aromatic carbocycles. The van der Waals surface area contributed by atoms with E-state index in [0.717, 1.165) is 11.1 Å². The Morgan fingerprint density at radius 1 is 1.00 bits per heavy atom. The van der Waals surface area contributed by atoms with Crippen molar-refractivity contribution in [1.82, 2.24) is 4.98 Å². The van der Waals surface area contributed by atoms with E-state index < -0.39 is 0 Å². The van der Waals surface area contributed by atoms with Gasteiger partial charge in [-0.25, -0.2) is 4.98 Å². The van der Waals surface area contributed by atoms with Crippen LogP contribution >= 0.6 is 0 Å². The van der Waals surface area contributed by atoms with Crippen LogP contribution in [0.5, 0.6) is 0 Å². The average molecular weight is 224 g/mol. The molecule has 84 valence electrons. The molecule has 3 nitrogen and oxygen atoms in total. The molecule has 1 aromatic heterocycles. The number of anilines is 1. The third kappa shape index (κ3) is 1.87. The maximum Gasteiger partial charge on any atom is 0.199 e. The minimum absolute atomic E-state index is 0.658. The lowest BCUT2D eigenvalue weighted by Gasteiger charge is -1.94. The van der Waals surface area contributed by atoms with E-state index in [1.165, 1.54) is 5.56 Å². The van der Waals surface area contributed by atoms with Crippen LogP contribution in [0.1, 0.15) is 11.5 Å². The molecule has 3 aromatic rings. The number of nitrogen functional groups attached to an aromatic ring is 1.